The van der Waals surface area contributed by atoms with Crippen LogP contribution in [0.4, 0.5) is 0 Å². The van der Waals surface area contributed by atoms with E-state index in [0.29, 0.717) is 0 Å². The zero-order chi connectivity index (χ0) is 9.52. The molecule has 1 heterocycles. The van der Waals surface area contributed by atoms with Gasteiger partial charge in [-0.2, -0.15) is 0 Å². The molecule has 1 saturated heterocycles. The van der Waals surface area contributed by atoms with Crippen LogP contribution in [-0.2, 0) is 11.8 Å². The molecular formula is C10H21PS. The van der Waals surface area contributed by atoms with Gasteiger partial charge in [-0.25, -0.2) is 0 Å². The second-order valence-corrected chi connectivity index (χ2v) is 10.8. The van der Waals surface area contributed by atoms with Crippen LogP contribution in [0.1, 0.15) is 34.1 Å². The third kappa shape index (κ3) is 1.63. The Labute approximate surface area is 82.1 Å². The summed E-state index contributed by atoms with van der Waals surface area (Å²) in [6.07, 6.45) is 1.38. The molecule has 0 aliphatic carbocycles. The Balaban J connectivity index is 2.90. The van der Waals surface area contributed by atoms with Gasteiger partial charge in [0.1, 0.15) is 0 Å². The van der Waals surface area contributed by atoms with Crippen LogP contribution in [-0.4, -0.2) is 18.0 Å². The van der Waals surface area contributed by atoms with E-state index in [1.807, 2.05) is 0 Å². The summed E-state index contributed by atoms with van der Waals surface area (Å²) in [4.78, 5) is 0. The molecule has 0 aromatic rings. The summed E-state index contributed by atoms with van der Waals surface area (Å²) >= 11 is 5.81. The molecule has 1 aliphatic rings. The third-order valence-electron chi connectivity index (χ3n) is 4.01. The Morgan fingerprint density at radius 2 is 1.33 bits per heavy atom. The van der Waals surface area contributed by atoms with E-state index in [4.69, 9.17) is 11.8 Å². The first-order valence-electron chi connectivity index (χ1n) is 4.94. The van der Waals surface area contributed by atoms with Crippen molar-refractivity contribution in [2.75, 3.05) is 6.66 Å². The predicted octanol–water partition coefficient (Wildman–Crippen LogP) is 3.55. The highest BCUT2D eigenvalue weighted by Crippen LogP contribution is 2.61. The molecule has 1 aliphatic heterocycles. The Kier molecular flexibility index (Phi) is 3.06. The predicted molar refractivity (Wildman–Crippen MR) is 62.1 cm³/mol. The van der Waals surface area contributed by atoms with Crippen LogP contribution < -0.4 is 0 Å². The smallest absolute Gasteiger partial charge is 0.0121 e. The summed E-state index contributed by atoms with van der Waals surface area (Å²) in [5.74, 6) is 1.71. The summed E-state index contributed by atoms with van der Waals surface area (Å²) in [6, 6.07) is -1.05. The van der Waals surface area contributed by atoms with Gasteiger partial charge in [0.05, 0.1) is 0 Å². The fourth-order valence-electron chi connectivity index (χ4n) is 2.36. The Morgan fingerprint density at radius 3 is 1.67 bits per heavy atom. The van der Waals surface area contributed by atoms with Gasteiger partial charge in [-0.05, 0) is 42.3 Å². The summed E-state index contributed by atoms with van der Waals surface area (Å²) in [5.41, 5.74) is 1.61. The SMILES string of the molecule is C[C@@H]1C[C@H](C)[C@H](C)P(C)(=S)[C@@H]1C. The minimum Gasteiger partial charge on any atom is -0.0972 e. The van der Waals surface area contributed by atoms with Gasteiger partial charge in [-0.15, -0.1) is 0 Å². The molecule has 0 saturated carbocycles. The molecule has 2 heteroatoms. The normalized spacial score (nSPS) is 55.4. The molecule has 0 radical (unpaired) electrons. The van der Waals surface area contributed by atoms with Crippen molar-refractivity contribution in [1.29, 1.82) is 0 Å². The van der Waals surface area contributed by atoms with E-state index < -0.39 is 6.04 Å². The maximum Gasteiger partial charge on any atom is -0.0121 e. The standard InChI is InChI=1S/C10H21PS/c1-7-6-8(2)10(4)11(5,12)9(7)3/h7-10H,6H2,1-5H3/t7-,8+,9-,10+,11?. The summed E-state index contributed by atoms with van der Waals surface area (Å²) in [5, 5.41) is 0. The van der Waals surface area contributed by atoms with E-state index in [-0.39, 0.29) is 0 Å². The molecular weight excluding hydrogens is 183 g/mol. The van der Waals surface area contributed by atoms with E-state index in [1.54, 1.807) is 0 Å². The van der Waals surface area contributed by atoms with Crippen LogP contribution in [0.5, 0.6) is 0 Å². The molecule has 0 N–H and O–H groups in total. The van der Waals surface area contributed by atoms with Gasteiger partial charge in [0, 0.05) is 0 Å². The second-order valence-electron chi connectivity index (χ2n) is 4.73. The minimum atomic E-state index is -1.05. The fraction of sp³-hybridized carbons (Fsp3) is 1.00. The lowest BCUT2D eigenvalue weighted by atomic mass is 9.92. The summed E-state index contributed by atoms with van der Waals surface area (Å²) in [6.45, 7) is 11.8. The van der Waals surface area contributed by atoms with Gasteiger partial charge in [-0.1, -0.05) is 39.5 Å². The molecule has 5 atom stereocenters. The van der Waals surface area contributed by atoms with Crippen molar-refractivity contribution >= 4 is 17.8 Å². The number of rotatable bonds is 0. The molecule has 72 valence electrons. The van der Waals surface area contributed by atoms with E-state index in [1.165, 1.54) is 6.42 Å². The van der Waals surface area contributed by atoms with Crippen molar-refractivity contribution in [3.05, 3.63) is 0 Å². The summed E-state index contributed by atoms with van der Waals surface area (Å²) in [7, 11) is 0. The largest absolute Gasteiger partial charge is 0.0972 e. The average Bonchev–Trinajstić information content (AvgIpc) is 1.99. The average molecular weight is 204 g/mol. The maximum atomic E-state index is 5.81. The van der Waals surface area contributed by atoms with Crippen molar-refractivity contribution in [3.63, 3.8) is 0 Å². The highest BCUT2D eigenvalue weighted by Gasteiger charge is 2.38. The van der Waals surface area contributed by atoms with E-state index >= 15 is 0 Å². The molecule has 0 amide bonds. The van der Waals surface area contributed by atoms with E-state index in [9.17, 15) is 0 Å². The zero-order valence-electron chi connectivity index (χ0n) is 8.87. The Hall–Kier alpha value is 0.650. The lowest BCUT2D eigenvalue weighted by Crippen LogP contribution is -2.32. The van der Waals surface area contributed by atoms with Crippen LogP contribution in [0.15, 0.2) is 0 Å². The zero-order valence-corrected chi connectivity index (χ0v) is 10.6. The molecule has 1 rings (SSSR count). The molecule has 12 heavy (non-hydrogen) atoms. The minimum absolute atomic E-state index is 0.804. The van der Waals surface area contributed by atoms with E-state index in [2.05, 4.69) is 34.4 Å². The third-order valence-corrected chi connectivity index (χ3v) is 10.3. The number of hydrogen-bond acceptors (Lipinski definition) is 1. The van der Waals surface area contributed by atoms with Gasteiger partial charge >= 0.3 is 0 Å². The van der Waals surface area contributed by atoms with Crippen LogP contribution in [0.25, 0.3) is 0 Å². The molecule has 1 fully saturated rings. The first-order chi connectivity index (χ1) is 5.37. The van der Waals surface area contributed by atoms with Crippen molar-refractivity contribution in [2.45, 2.75) is 45.4 Å². The van der Waals surface area contributed by atoms with Crippen LogP contribution in [0.2, 0.25) is 0 Å². The molecule has 0 aromatic carbocycles. The summed E-state index contributed by atoms with van der Waals surface area (Å²) < 4.78 is 0. The first-order valence-corrected chi connectivity index (χ1v) is 8.33. The quantitative estimate of drug-likeness (QED) is 0.544. The van der Waals surface area contributed by atoms with Crippen LogP contribution >= 0.6 is 6.04 Å². The van der Waals surface area contributed by atoms with Crippen molar-refractivity contribution in [1.82, 2.24) is 0 Å². The van der Waals surface area contributed by atoms with Gasteiger partial charge in [0.15, 0.2) is 0 Å². The van der Waals surface area contributed by atoms with Crippen LogP contribution in [0.3, 0.4) is 0 Å². The molecule has 0 aromatic heterocycles. The van der Waals surface area contributed by atoms with Gasteiger partial charge in [-0.3, -0.25) is 0 Å². The maximum absolute atomic E-state index is 5.81. The second kappa shape index (κ2) is 3.42. The Bertz CT molecular complexity index is 194. The lowest BCUT2D eigenvalue weighted by Gasteiger charge is -2.44. The topological polar surface area (TPSA) is 0 Å². The highest BCUT2D eigenvalue weighted by atomic mass is 32.4. The Morgan fingerprint density at radius 1 is 1.00 bits per heavy atom. The molecule has 1 unspecified atom stereocenters. The van der Waals surface area contributed by atoms with Crippen molar-refractivity contribution in [3.8, 4) is 0 Å². The van der Waals surface area contributed by atoms with Gasteiger partial charge in [0.2, 0.25) is 0 Å². The lowest BCUT2D eigenvalue weighted by molar-refractivity contribution is 0.379. The van der Waals surface area contributed by atoms with Crippen LogP contribution in [0, 0.1) is 11.8 Å². The van der Waals surface area contributed by atoms with Gasteiger partial charge < -0.3 is 0 Å². The van der Waals surface area contributed by atoms with Gasteiger partial charge in [0.25, 0.3) is 0 Å². The van der Waals surface area contributed by atoms with E-state index in [0.717, 1.165) is 23.2 Å². The van der Waals surface area contributed by atoms with Crippen molar-refractivity contribution < 1.29 is 0 Å². The first kappa shape index (κ1) is 10.7. The fourth-order valence-corrected chi connectivity index (χ4v) is 6.61. The molecule has 0 nitrogen and oxygen atoms in total. The highest BCUT2D eigenvalue weighted by molar-refractivity contribution is 8.15. The monoisotopic (exact) mass is 204 g/mol. The molecule has 0 spiro atoms. The van der Waals surface area contributed by atoms with Crippen molar-refractivity contribution in [2.24, 2.45) is 11.8 Å². The molecule has 0 bridgehead atoms. The number of hydrogen-bond donors (Lipinski definition) is 0.